The molecule has 1 aliphatic rings. The first-order valence-electron chi connectivity index (χ1n) is 7.65. The number of rotatable bonds is 4. The van der Waals surface area contributed by atoms with E-state index in [0.29, 0.717) is 11.6 Å². The van der Waals surface area contributed by atoms with Gasteiger partial charge in [-0.2, -0.15) is 0 Å². The smallest absolute Gasteiger partial charge is 0.255 e. The van der Waals surface area contributed by atoms with Gasteiger partial charge >= 0.3 is 0 Å². The minimum absolute atomic E-state index is 0.0273. The maximum Gasteiger partial charge on any atom is 0.255 e. The summed E-state index contributed by atoms with van der Waals surface area (Å²) in [5.41, 5.74) is 3.97. The highest BCUT2D eigenvalue weighted by molar-refractivity contribution is 7.98. The van der Waals surface area contributed by atoms with Gasteiger partial charge in [-0.15, -0.1) is 0 Å². The molecule has 5 heteroatoms. The normalized spacial score (nSPS) is 14.5. The minimum atomic E-state index is -0.0273. The molecule has 2 heterocycles. The molecule has 0 spiro atoms. The predicted molar refractivity (Wildman–Crippen MR) is 92.1 cm³/mol. The molecule has 0 aliphatic carbocycles. The van der Waals surface area contributed by atoms with Crippen LogP contribution in [0.2, 0.25) is 0 Å². The van der Waals surface area contributed by atoms with E-state index < -0.39 is 0 Å². The lowest BCUT2D eigenvalue weighted by Crippen LogP contribution is -2.18. The molecule has 1 aromatic carbocycles. The van der Waals surface area contributed by atoms with Crippen molar-refractivity contribution in [3.8, 4) is 0 Å². The summed E-state index contributed by atoms with van der Waals surface area (Å²) in [5, 5.41) is 0.677. The van der Waals surface area contributed by atoms with Gasteiger partial charge in [0, 0.05) is 36.5 Å². The summed E-state index contributed by atoms with van der Waals surface area (Å²) in [5.74, 6) is 0. The second-order valence-corrected chi connectivity index (χ2v) is 6.47. The van der Waals surface area contributed by atoms with Crippen LogP contribution in [0.25, 0.3) is 0 Å². The van der Waals surface area contributed by atoms with E-state index in [1.807, 2.05) is 13.2 Å². The molecule has 3 rings (SSSR count). The van der Waals surface area contributed by atoms with Crippen molar-refractivity contribution in [3.63, 3.8) is 0 Å². The molecule has 4 nitrogen and oxygen atoms in total. The first-order valence-corrected chi connectivity index (χ1v) is 8.87. The Labute approximate surface area is 135 Å². The summed E-state index contributed by atoms with van der Waals surface area (Å²) in [7, 11) is 0. The Balaban J connectivity index is 1.80. The largest absolute Gasteiger partial charge is 0.372 e. The van der Waals surface area contributed by atoms with Gasteiger partial charge in [0.1, 0.15) is 0 Å². The van der Waals surface area contributed by atoms with Crippen molar-refractivity contribution in [3.05, 3.63) is 51.4 Å². The summed E-state index contributed by atoms with van der Waals surface area (Å²) in [6, 6.07) is 8.56. The molecule has 2 aromatic rings. The second kappa shape index (κ2) is 6.57. The molecule has 1 aliphatic heterocycles. The zero-order valence-corrected chi connectivity index (χ0v) is 13.9. The number of aryl methyl sites for hydroxylation is 1. The van der Waals surface area contributed by atoms with Crippen molar-refractivity contribution in [1.29, 1.82) is 0 Å². The molecule has 1 aromatic heterocycles. The number of aromatic nitrogens is 2. The molecule has 0 amide bonds. The standard InChI is InChI=1S/C17H21N3OS/c1-12-15(16(21)19-17(18-12)22-2)11-13-5-7-14(8-6-13)20-9-3-4-10-20/h5-8H,3-4,9-11H2,1-2H3,(H,18,19,21). The highest BCUT2D eigenvalue weighted by Gasteiger charge is 2.13. The van der Waals surface area contributed by atoms with Crippen LogP contribution in [-0.4, -0.2) is 29.3 Å². The molecule has 0 atom stereocenters. The van der Waals surface area contributed by atoms with Crippen LogP contribution in [0.5, 0.6) is 0 Å². The lowest BCUT2D eigenvalue weighted by molar-refractivity contribution is 0.868. The van der Waals surface area contributed by atoms with Crippen molar-refractivity contribution in [2.24, 2.45) is 0 Å². The van der Waals surface area contributed by atoms with Gasteiger partial charge in [0.2, 0.25) is 0 Å². The zero-order valence-electron chi connectivity index (χ0n) is 13.1. The molecule has 1 N–H and O–H groups in total. The van der Waals surface area contributed by atoms with Crippen LogP contribution in [0, 0.1) is 6.92 Å². The third kappa shape index (κ3) is 3.19. The van der Waals surface area contributed by atoms with Crippen molar-refractivity contribution in [2.45, 2.75) is 31.3 Å². The van der Waals surface area contributed by atoms with E-state index in [-0.39, 0.29) is 5.56 Å². The van der Waals surface area contributed by atoms with E-state index in [1.165, 1.54) is 30.3 Å². The van der Waals surface area contributed by atoms with Crippen molar-refractivity contribution in [1.82, 2.24) is 9.97 Å². The number of H-pyrrole nitrogens is 1. The molecule has 22 heavy (non-hydrogen) atoms. The fourth-order valence-electron chi connectivity index (χ4n) is 2.89. The molecule has 1 fully saturated rings. The van der Waals surface area contributed by atoms with Crippen molar-refractivity contribution >= 4 is 17.4 Å². The van der Waals surface area contributed by atoms with E-state index in [9.17, 15) is 4.79 Å². The van der Waals surface area contributed by atoms with E-state index in [1.54, 1.807) is 0 Å². The minimum Gasteiger partial charge on any atom is -0.372 e. The molecular weight excluding hydrogens is 294 g/mol. The van der Waals surface area contributed by atoms with Gasteiger partial charge in [-0.05, 0) is 43.7 Å². The number of hydrogen-bond acceptors (Lipinski definition) is 4. The topological polar surface area (TPSA) is 49.0 Å². The number of anilines is 1. The van der Waals surface area contributed by atoms with Gasteiger partial charge in [-0.25, -0.2) is 4.98 Å². The lowest BCUT2D eigenvalue weighted by Gasteiger charge is -2.17. The van der Waals surface area contributed by atoms with E-state index >= 15 is 0 Å². The van der Waals surface area contributed by atoms with Crippen LogP contribution in [0.1, 0.15) is 29.7 Å². The highest BCUT2D eigenvalue weighted by atomic mass is 32.2. The number of hydrogen-bond donors (Lipinski definition) is 1. The van der Waals surface area contributed by atoms with Crippen LogP contribution < -0.4 is 10.5 Å². The maximum absolute atomic E-state index is 12.2. The van der Waals surface area contributed by atoms with Crippen molar-refractivity contribution < 1.29 is 0 Å². The van der Waals surface area contributed by atoms with Crippen LogP contribution in [0.15, 0.2) is 34.2 Å². The summed E-state index contributed by atoms with van der Waals surface area (Å²) in [6.45, 7) is 4.21. The number of benzene rings is 1. The second-order valence-electron chi connectivity index (χ2n) is 5.68. The third-order valence-corrected chi connectivity index (χ3v) is 4.76. The summed E-state index contributed by atoms with van der Waals surface area (Å²) in [6.07, 6.45) is 5.10. The monoisotopic (exact) mass is 315 g/mol. The highest BCUT2D eigenvalue weighted by Crippen LogP contribution is 2.21. The first-order chi connectivity index (χ1) is 10.7. The van der Waals surface area contributed by atoms with Gasteiger partial charge in [0.05, 0.1) is 0 Å². The van der Waals surface area contributed by atoms with Gasteiger partial charge in [-0.1, -0.05) is 23.9 Å². The number of aromatic amines is 1. The Morgan fingerprint density at radius 1 is 1.23 bits per heavy atom. The Morgan fingerprint density at radius 2 is 1.91 bits per heavy atom. The number of thioether (sulfide) groups is 1. The van der Waals surface area contributed by atoms with E-state index in [4.69, 9.17) is 0 Å². The molecular formula is C17H21N3OS. The Hall–Kier alpha value is -1.75. The quantitative estimate of drug-likeness (QED) is 0.696. The van der Waals surface area contributed by atoms with Crippen LogP contribution in [0.4, 0.5) is 5.69 Å². The van der Waals surface area contributed by atoms with Gasteiger partial charge in [0.15, 0.2) is 5.16 Å². The Kier molecular flexibility index (Phi) is 4.52. The van der Waals surface area contributed by atoms with E-state index in [0.717, 1.165) is 29.9 Å². The zero-order chi connectivity index (χ0) is 15.5. The lowest BCUT2D eigenvalue weighted by atomic mass is 10.0. The molecule has 0 saturated carbocycles. The van der Waals surface area contributed by atoms with Crippen LogP contribution in [-0.2, 0) is 6.42 Å². The number of nitrogens with one attached hydrogen (secondary N) is 1. The molecule has 1 saturated heterocycles. The van der Waals surface area contributed by atoms with Crippen molar-refractivity contribution in [2.75, 3.05) is 24.2 Å². The molecule has 0 unspecified atom stereocenters. The fourth-order valence-corrected chi connectivity index (χ4v) is 3.32. The molecule has 0 radical (unpaired) electrons. The van der Waals surface area contributed by atoms with Gasteiger partial charge in [-0.3, -0.25) is 4.79 Å². The summed E-state index contributed by atoms with van der Waals surface area (Å²) < 4.78 is 0. The Morgan fingerprint density at radius 3 is 2.50 bits per heavy atom. The van der Waals surface area contributed by atoms with Gasteiger partial charge < -0.3 is 9.88 Å². The molecule has 116 valence electrons. The maximum atomic E-state index is 12.2. The SMILES string of the molecule is CSc1nc(C)c(Cc2ccc(N3CCCC3)cc2)c(=O)[nH]1. The van der Waals surface area contributed by atoms with Crippen LogP contribution >= 0.6 is 11.8 Å². The molecule has 0 bridgehead atoms. The van der Waals surface area contributed by atoms with E-state index in [2.05, 4.69) is 39.1 Å². The number of nitrogens with zero attached hydrogens (tertiary/aromatic N) is 2. The van der Waals surface area contributed by atoms with Crippen LogP contribution in [0.3, 0.4) is 0 Å². The van der Waals surface area contributed by atoms with Gasteiger partial charge in [0.25, 0.3) is 5.56 Å². The first kappa shape index (κ1) is 15.2. The average molecular weight is 315 g/mol. The third-order valence-electron chi connectivity index (χ3n) is 4.18. The predicted octanol–water partition coefficient (Wildman–Crippen LogP) is 2.99. The average Bonchev–Trinajstić information content (AvgIpc) is 3.05. The summed E-state index contributed by atoms with van der Waals surface area (Å²) in [4.78, 5) is 21.9. The summed E-state index contributed by atoms with van der Waals surface area (Å²) >= 11 is 1.46. The fraction of sp³-hybridized carbons (Fsp3) is 0.412. The Bertz CT molecular complexity index is 703.